The Balaban J connectivity index is 1.25. The molecule has 2 aromatic rings. The molecule has 0 N–H and O–H groups in total. The number of likely N-dealkylation sites (tertiary alicyclic amines) is 1. The zero-order chi connectivity index (χ0) is 20.9. The van der Waals surface area contributed by atoms with E-state index in [4.69, 9.17) is 16.3 Å². The average Bonchev–Trinajstić information content (AvgIpc) is 2.75. The highest BCUT2D eigenvalue weighted by atomic mass is 79.9. The van der Waals surface area contributed by atoms with E-state index in [-0.39, 0.29) is 6.09 Å². The van der Waals surface area contributed by atoms with Crippen molar-refractivity contribution in [2.75, 3.05) is 32.8 Å². The molecule has 0 spiro atoms. The Hall–Kier alpha value is -1.56. The molecule has 1 unspecified atom stereocenters. The van der Waals surface area contributed by atoms with E-state index in [2.05, 4.69) is 39.0 Å². The van der Waals surface area contributed by atoms with Crippen LogP contribution in [0.15, 0.2) is 53.0 Å². The molecular weight excluding hydrogens is 464 g/mol. The van der Waals surface area contributed by atoms with Crippen molar-refractivity contribution in [1.29, 1.82) is 0 Å². The van der Waals surface area contributed by atoms with Crippen molar-refractivity contribution in [3.8, 4) is 0 Å². The van der Waals surface area contributed by atoms with Crippen LogP contribution in [0.4, 0.5) is 4.79 Å². The summed E-state index contributed by atoms with van der Waals surface area (Å²) in [6.45, 7) is 5.11. The van der Waals surface area contributed by atoms with E-state index < -0.39 is 0 Å². The van der Waals surface area contributed by atoms with E-state index >= 15 is 0 Å². The Kier molecular flexibility index (Phi) is 7.34. The Morgan fingerprint density at radius 1 is 1.07 bits per heavy atom. The molecule has 0 aromatic heterocycles. The lowest BCUT2D eigenvalue weighted by Crippen LogP contribution is -2.47. The van der Waals surface area contributed by atoms with Crippen molar-refractivity contribution in [3.63, 3.8) is 0 Å². The third-order valence-electron chi connectivity index (χ3n) is 6.14. The normalized spacial score (nSPS) is 20.9. The van der Waals surface area contributed by atoms with Gasteiger partial charge >= 0.3 is 6.09 Å². The lowest BCUT2D eigenvalue weighted by Gasteiger charge is -2.38. The van der Waals surface area contributed by atoms with Gasteiger partial charge in [0.25, 0.3) is 0 Å². The minimum absolute atomic E-state index is 0.194. The summed E-state index contributed by atoms with van der Waals surface area (Å²) in [6.07, 6.45) is 3.26. The molecule has 1 amide bonds. The van der Waals surface area contributed by atoms with Crippen LogP contribution in [-0.4, -0.2) is 48.7 Å². The van der Waals surface area contributed by atoms with Gasteiger partial charge < -0.3 is 14.5 Å². The third kappa shape index (κ3) is 5.77. The molecular formula is C24H28BrClN2O2. The summed E-state index contributed by atoms with van der Waals surface area (Å²) in [7, 11) is 0. The Bertz CT molecular complexity index is 856. The van der Waals surface area contributed by atoms with Gasteiger partial charge in [0, 0.05) is 35.0 Å². The van der Waals surface area contributed by atoms with Gasteiger partial charge in [-0.3, -0.25) is 0 Å². The zero-order valence-electron chi connectivity index (χ0n) is 17.1. The fourth-order valence-corrected chi connectivity index (χ4v) is 5.11. The molecule has 2 aromatic carbocycles. The van der Waals surface area contributed by atoms with Crippen molar-refractivity contribution in [3.05, 3.63) is 69.2 Å². The Labute approximate surface area is 192 Å². The largest absolute Gasteiger partial charge is 0.449 e. The maximum Gasteiger partial charge on any atom is 0.410 e. The minimum Gasteiger partial charge on any atom is -0.449 e. The number of carbonyl (C=O) groups is 1. The van der Waals surface area contributed by atoms with Gasteiger partial charge in [-0.15, -0.1) is 0 Å². The highest BCUT2D eigenvalue weighted by Gasteiger charge is 2.30. The monoisotopic (exact) mass is 490 g/mol. The first-order chi connectivity index (χ1) is 14.6. The first-order valence-corrected chi connectivity index (χ1v) is 11.9. The molecule has 0 radical (unpaired) electrons. The number of hydrogen-bond donors (Lipinski definition) is 0. The average molecular weight is 492 g/mol. The van der Waals surface area contributed by atoms with E-state index in [1.54, 1.807) is 0 Å². The number of ether oxygens (including phenoxy) is 1. The van der Waals surface area contributed by atoms with Crippen molar-refractivity contribution in [1.82, 2.24) is 9.80 Å². The molecule has 2 aliphatic heterocycles. The summed E-state index contributed by atoms with van der Waals surface area (Å²) in [5.41, 5.74) is 2.44. The number of benzene rings is 2. The second-order valence-corrected chi connectivity index (χ2v) is 9.78. The number of carbonyl (C=O) groups excluding carboxylic acids is 1. The van der Waals surface area contributed by atoms with Crippen LogP contribution in [0.2, 0.25) is 5.02 Å². The van der Waals surface area contributed by atoms with E-state index in [0.29, 0.717) is 25.0 Å². The van der Waals surface area contributed by atoms with Gasteiger partial charge in [0.1, 0.15) is 0 Å². The number of rotatable bonds is 6. The van der Waals surface area contributed by atoms with E-state index in [9.17, 15) is 4.79 Å². The van der Waals surface area contributed by atoms with Gasteiger partial charge in [0.05, 0.1) is 6.61 Å². The fourth-order valence-electron chi connectivity index (χ4n) is 4.51. The molecule has 30 heavy (non-hydrogen) atoms. The molecule has 4 rings (SSSR count). The van der Waals surface area contributed by atoms with Crippen molar-refractivity contribution < 1.29 is 9.53 Å². The van der Waals surface area contributed by atoms with E-state index in [1.807, 2.05) is 35.2 Å². The molecule has 160 valence electrons. The van der Waals surface area contributed by atoms with Crippen LogP contribution in [-0.2, 0) is 17.7 Å². The van der Waals surface area contributed by atoms with Gasteiger partial charge in [-0.1, -0.05) is 57.9 Å². The van der Waals surface area contributed by atoms with Crippen molar-refractivity contribution >= 4 is 33.6 Å². The van der Waals surface area contributed by atoms with Crippen LogP contribution in [0.5, 0.6) is 0 Å². The first-order valence-electron chi connectivity index (χ1n) is 10.7. The van der Waals surface area contributed by atoms with Crippen LogP contribution in [0.3, 0.4) is 0 Å². The van der Waals surface area contributed by atoms with Crippen LogP contribution in [0, 0.1) is 11.8 Å². The summed E-state index contributed by atoms with van der Waals surface area (Å²) in [5.74, 6) is 1.06. The van der Waals surface area contributed by atoms with Gasteiger partial charge in [-0.25, -0.2) is 4.79 Å². The number of amides is 1. The maximum absolute atomic E-state index is 12.2. The van der Waals surface area contributed by atoms with Crippen LogP contribution < -0.4 is 0 Å². The first kappa shape index (κ1) is 21.7. The highest BCUT2D eigenvalue weighted by Crippen LogP contribution is 2.28. The van der Waals surface area contributed by atoms with Crippen molar-refractivity contribution in [2.45, 2.75) is 25.8 Å². The molecule has 2 saturated heterocycles. The predicted molar refractivity (Wildman–Crippen MR) is 124 cm³/mol. The number of halogens is 2. The van der Waals surface area contributed by atoms with Crippen LogP contribution in [0.1, 0.15) is 24.0 Å². The smallest absolute Gasteiger partial charge is 0.410 e. The number of piperidine rings is 1. The Morgan fingerprint density at radius 3 is 2.60 bits per heavy atom. The van der Waals surface area contributed by atoms with Gasteiger partial charge in [-0.2, -0.15) is 0 Å². The molecule has 4 nitrogen and oxygen atoms in total. The van der Waals surface area contributed by atoms with Crippen LogP contribution in [0.25, 0.3) is 0 Å². The fraction of sp³-hybridized carbons (Fsp3) is 0.458. The Morgan fingerprint density at radius 2 is 1.83 bits per heavy atom. The molecule has 1 atom stereocenters. The second kappa shape index (κ2) is 10.2. The van der Waals surface area contributed by atoms with Gasteiger partial charge in [0.15, 0.2) is 0 Å². The lowest BCUT2D eigenvalue weighted by atomic mass is 9.89. The molecule has 0 saturated carbocycles. The summed E-state index contributed by atoms with van der Waals surface area (Å²) in [5, 5.41) is 0.803. The molecule has 2 fully saturated rings. The summed E-state index contributed by atoms with van der Waals surface area (Å²) >= 11 is 9.82. The lowest BCUT2D eigenvalue weighted by molar-refractivity contribution is 0.0242. The zero-order valence-corrected chi connectivity index (χ0v) is 19.4. The second-order valence-electron chi connectivity index (χ2n) is 8.49. The topological polar surface area (TPSA) is 32.8 Å². The summed E-state index contributed by atoms with van der Waals surface area (Å²) in [4.78, 5) is 16.6. The number of hydrogen-bond acceptors (Lipinski definition) is 3. The van der Waals surface area contributed by atoms with Crippen LogP contribution >= 0.6 is 27.5 Å². The molecule has 0 aliphatic carbocycles. The number of cyclic esters (lactones) is 1. The molecule has 0 bridgehead atoms. The molecule has 2 aliphatic rings. The van der Waals surface area contributed by atoms with E-state index in [0.717, 1.165) is 47.7 Å². The number of nitrogens with zero attached hydrogens (tertiary/aromatic N) is 2. The van der Waals surface area contributed by atoms with Gasteiger partial charge in [-0.05, 0) is 67.6 Å². The predicted octanol–water partition coefficient (Wildman–Crippen LogP) is 5.63. The molecule has 6 heteroatoms. The van der Waals surface area contributed by atoms with E-state index in [1.165, 1.54) is 18.4 Å². The summed E-state index contributed by atoms with van der Waals surface area (Å²) in [6, 6.07) is 16.2. The van der Waals surface area contributed by atoms with Gasteiger partial charge in [0.2, 0.25) is 0 Å². The van der Waals surface area contributed by atoms with Crippen molar-refractivity contribution in [2.24, 2.45) is 11.8 Å². The SMILES string of the molecule is O=C1OCC(CN2CCC(Cc3cc(Cl)ccc3Br)CC2)CN1Cc1ccccc1. The quantitative estimate of drug-likeness (QED) is 0.525. The minimum atomic E-state index is -0.194. The molecule has 2 heterocycles. The third-order valence-corrected chi connectivity index (χ3v) is 7.14. The standard InChI is InChI=1S/C24H28BrClN2O2/c25-23-7-6-22(26)13-21(23)12-18-8-10-27(11-9-18)14-20-16-28(24(29)30-17-20)15-19-4-2-1-3-5-19/h1-7,13,18,20H,8-12,14-17H2. The summed E-state index contributed by atoms with van der Waals surface area (Å²) < 4.78 is 6.63. The highest BCUT2D eigenvalue weighted by molar-refractivity contribution is 9.10. The maximum atomic E-state index is 12.2.